The molecule has 3 atom stereocenters. The smallest absolute Gasteiger partial charge is 0.305 e. The van der Waals surface area contributed by atoms with Crippen molar-refractivity contribution in [2.45, 2.75) is 63.6 Å². The average Bonchev–Trinajstić information content (AvgIpc) is 3.15. The predicted octanol–water partition coefficient (Wildman–Crippen LogP) is -0.0120. The zero-order valence-corrected chi connectivity index (χ0v) is 13.1. The summed E-state index contributed by atoms with van der Waals surface area (Å²) in [6.07, 6.45) is 2.88. The van der Waals surface area contributed by atoms with E-state index < -0.39 is 29.9 Å². The largest absolute Gasteiger partial charge is 0.481 e. The second kappa shape index (κ2) is 6.24. The van der Waals surface area contributed by atoms with Crippen molar-refractivity contribution in [3.8, 4) is 0 Å². The van der Waals surface area contributed by atoms with Crippen molar-refractivity contribution in [1.29, 1.82) is 0 Å². The molecular formula is C15H25N3O4. The Kier molecular flexibility index (Phi) is 4.75. The predicted molar refractivity (Wildman–Crippen MR) is 79.8 cm³/mol. The van der Waals surface area contributed by atoms with Crippen molar-refractivity contribution >= 4 is 17.8 Å². The molecule has 5 N–H and O–H groups in total. The van der Waals surface area contributed by atoms with Gasteiger partial charge >= 0.3 is 5.97 Å². The van der Waals surface area contributed by atoms with E-state index in [9.17, 15) is 14.4 Å². The summed E-state index contributed by atoms with van der Waals surface area (Å²) in [4.78, 5) is 35.0. The van der Waals surface area contributed by atoms with Crippen molar-refractivity contribution in [3.05, 3.63) is 0 Å². The first-order valence-electron chi connectivity index (χ1n) is 7.85. The van der Waals surface area contributed by atoms with Crippen molar-refractivity contribution in [2.24, 2.45) is 17.6 Å². The fourth-order valence-electron chi connectivity index (χ4n) is 3.16. The molecular weight excluding hydrogens is 286 g/mol. The van der Waals surface area contributed by atoms with Gasteiger partial charge in [0.1, 0.15) is 5.54 Å². The Bertz CT molecular complexity index is 465. The molecule has 0 aliphatic heterocycles. The molecule has 2 fully saturated rings. The molecule has 7 heteroatoms. The topological polar surface area (TPSA) is 122 Å². The third kappa shape index (κ3) is 3.58. The van der Waals surface area contributed by atoms with Crippen molar-refractivity contribution in [2.75, 3.05) is 0 Å². The highest BCUT2D eigenvalue weighted by Crippen LogP contribution is 2.37. The van der Waals surface area contributed by atoms with Crippen LogP contribution in [0.2, 0.25) is 0 Å². The molecule has 2 saturated carbocycles. The van der Waals surface area contributed by atoms with Crippen LogP contribution >= 0.6 is 0 Å². The van der Waals surface area contributed by atoms with Gasteiger partial charge in [-0.3, -0.25) is 14.4 Å². The second-order valence-electron chi connectivity index (χ2n) is 6.81. The number of carbonyl (C=O) groups is 3. The molecule has 0 radical (unpaired) electrons. The van der Waals surface area contributed by atoms with Crippen molar-refractivity contribution < 1.29 is 19.5 Å². The molecule has 0 spiro atoms. The molecule has 0 saturated heterocycles. The Hall–Kier alpha value is -1.63. The molecule has 2 aliphatic rings. The molecule has 0 aromatic carbocycles. The molecule has 2 aliphatic carbocycles. The number of hydrogen-bond donors (Lipinski definition) is 4. The zero-order valence-electron chi connectivity index (χ0n) is 13.1. The molecule has 0 aromatic heterocycles. The molecule has 0 bridgehead atoms. The van der Waals surface area contributed by atoms with Crippen LogP contribution in [0.15, 0.2) is 0 Å². The van der Waals surface area contributed by atoms with Gasteiger partial charge in [-0.15, -0.1) is 0 Å². The highest BCUT2D eigenvalue weighted by molar-refractivity contribution is 5.96. The van der Waals surface area contributed by atoms with Crippen LogP contribution in [0.5, 0.6) is 0 Å². The summed E-state index contributed by atoms with van der Waals surface area (Å²) < 4.78 is 0. The van der Waals surface area contributed by atoms with Gasteiger partial charge in [-0.25, -0.2) is 0 Å². The van der Waals surface area contributed by atoms with Crippen LogP contribution in [0.3, 0.4) is 0 Å². The van der Waals surface area contributed by atoms with Gasteiger partial charge in [0.25, 0.3) is 0 Å². The van der Waals surface area contributed by atoms with E-state index in [1.165, 1.54) is 0 Å². The Morgan fingerprint density at radius 2 is 1.77 bits per heavy atom. The summed E-state index contributed by atoms with van der Waals surface area (Å²) in [7, 11) is 0. The molecule has 22 heavy (non-hydrogen) atoms. The zero-order chi connectivity index (χ0) is 16.5. The normalized spacial score (nSPS) is 30.4. The molecule has 124 valence electrons. The van der Waals surface area contributed by atoms with Gasteiger partial charge in [0, 0.05) is 6.04 Å². The maximum absolute atomic E-state index is 12.5. The lowest BCUT2D eigenvalue weighted by molar-refractivity contribution is -0.139. The number of carbonyl (C=O) groups excluding carboxylic acids is 2. The third-order valence-corrected chi connectivity index (χ3v) is 4.88. The van der Waals surface area contributed by atoms with Gasteiger partial charge in [-0.05, 0) is 37.5 Å². The van der Waals surface area contributed by atoms with E-state index in [0.29, 0.717) is 24.7 Å². The fourth-order valence-corrected chi connectivity index (χ4v) is 3.16. The van der Waals surface area contributed by atoms with E-state index in [2.05, 4.69) is 24.5 Å². The summed E-state index contributed by atoms with van der Waals surface area (Å²) in [5.41, 5.74) is 4.64. The van der Waals surface area contributed by atoms with Gasteiger partial charge in [-0.2, -0.15) is 0 Å². The Morgan fingerprint density at radius 3 is 2.23 bits per heavy atom. The second-order valence-corrected chi connectivity index (χ2v) is 6.81. The van der Waals surface area contributed by atoms with E-state index in [1.54, 1.807) is 0 Å². The molecule has 0 heterocycles. The highest BCUT2D eigenvalue weighted by Gasteiger charge is 2.52. The SMILES string of the molecule is CC1CCC(C)C1NC(=O)C1(NC(=O)[C@@H](N)CC(=O)O)CC1. The highest BCUT2D eigenvalue weighted by atomic mass is 16.4. The maximum atomic E-state index is 12.5. The van der Waals surface area contributed by atoms with E-state index in [0.717, 1.165) is 12.8 Å². The molecule has 0 aromatic rings. The fraction of sp³-hybridized carbons (Fsp3) is 0.800. The van der Waals surface area contributed by atoms with Gasteiger partial charge in [0.15, 0.2) is 0 Å². The van der Waals surface area contributed by atoms with Gasteiger partial charge in [-0.1, -0.05) is 13.8 Å². The van der Waals surface area contributed by atoms with Crippen LogP contribution in [-0.4, -0.2) is 40.5 Å². The number of nitrogens with two attached hydrogens (primary N) is 1. The van der Waals surface area contributed by atoms with Crippen LogP contribution in [-0.2, 0) is 14.4 Å². The van der Waals surface area contributed by atoms with Gasteiger partial charge in [0.2, 0.25) is 11.8 Å². The third-order valence-electron chi connectivity index (χ3n) is 4.88. The summed E-state index contributed by atoms with van der Waals surface area (Å²) in [6, 6.07) is -0.998. The van der Waals surface area contributed by atoms with Crippen molar-refractivity contribution in [1.82, 2.24) is 10.6 Å². The van der Waals surface area contributed by atoms with Crippen molar-refractivity contribution in [3.63, 3.8) is 0 Å². The minimum atomic E-state index is -1.13. The first kappa shape index (κ1) is 16.7. The summed E-state index contributed by atoms with van der Waals surface area (Å²) in [6.45, 7) is 4.24. The number of aliphatic carboxylic acids is 1. The van der Waals surface area contributed by atoms with Crippen LogP contribution in [0.25, 0.3) is 0 Å². The summed E-state index contributed by atoms with van der Waals surface area (Å²) >= 11 is 0. The quantitative estimate of drug-likeness (QED) is 0.549. The first-order chi connectivity index (χ1) is 10.2. The number of rotatable bonds is 6. The number of hydrogen-bond acceptors (Lipinski definition) is 4. The Labute approximate surface area is 130 Å². The number of amides is 2. The minimum Gasteiger partial charge on any atom is -0.481 e. The lowest BCUT2D eigenvalue weighted by atomic mass is 9.99. The van der Waals surface area contributed by atoms with E-state index in [-0.39, 0.29) is 11.9 Å². The lowest BCUT2D eigenvalue weighted by Crippen LogP contribution is -2.56. The minimum absolute atomic E-state index is 0.134. The van der Waals surface area contributed by atoms with E-state index in [4.69, 9.17) is 10.8 Å². The molecule has 2 amide bonds. The number of carboxylic acid groups (broad SMARTS) is 1. The number of nitrogens with one attached hydrogen (secondary N) is 2. The Morgan fingerprint density at radius 1 is 1.23 bits per heavy atom. The number of carboxylic acids is 1. The Balaban J connectivity index is 1.92. The van der Waals surface area contributed by atoms with Crippen LogP contribution < -0.4 is 16.4 Å². The van der Waals surface area contributed by atoms with E-state index in [1.807, 2.05) is 0 Å². The molecule has 7 nitrogen and oxygen atoms in total. The van der Waals surface area contributed by atoms with Crippen LogP contribution in [0.4, 0.5) is 0 Å². The maximum Gasteiger partial charge on any atom is 0.305 e. The molecule has 2 unspecified atom stereocenters. The standard InChI is InChI=1S/C15H25N3O4/c1-8-3-4-9(2)12(8)17-14(22)15(5-6-15)18-13(21)10(16)7-11(19)20/h8-10,12H,3-7,16H2,1-2H3,(H,17,22)(H,18,21)(H,19,20)/t8?,9?,10-,12?/m0/s1. The molecule has 2 rings (SSSR count). The summed E-state index contributed by atoms with van der Waals surface area (Å²) in [5.74, 6) is -1.03. The first-order valence-corrected chi connectivity index (χ1v) is 7.85. The van der Waals surface area contributed by atoms with Gasteiger partial charge in [0.05, 0.1) is 12.5 Å². The van der Waals surface area contributed by atoms with E-state index >= 15 is 0 Å². The van der Waals surface area contributed by atoms with Crippen LogP contribution in [0.1, 0.15) is 46.0 Å². The lowest BCUT2D eigenvalue weighted by Gasteiger charge is -2.26. The van der Waals surface area contributed by atoms with Gasteiger partial charge < -0.3 is 21.5 Å². The monoisotopic (exact) mass is 311 g/mol. The average molecular weight is 311 g/mol. The van der Waals surface area contributed by atoms with Crippen LogP contribution in [0, 0.1) is 11.8 Å². The summed E-state index contributed by atoms with van der Waals surface area (Å²) in [5, 5.41) is 14.4.